The van der Waals surface area contributed by atoms with Crippen LogP contribution in [0.3, 0.4) is 0 Å². The molecule has 2 unspecified atom stereocenters. The van der Waals surface area contributed by atoms with E-state index in [2.05, 4.69) is 23.8 Å². The minimum atomic E-state index is -0.212. The fourth-order valence-electron chi connectivity index (χ4n) is 3.74. The molecule has 94 valence electrons. The van der Waals surface area contributed by atoms with Crippen molar-refractivity contribution in [2.75, 3.05) is 0 Å². The largest absolute Gasteiger partial charge is 0.388 e. The van der Waals surface area contributed by atoms with Gasteiger partial charge in [-0.2, -0.15) is 0 Å². The van der Waals surface area contributed by atoms with Crippen molar-refractivity contribution >= 4 is 0 Å². The molecule has 0 saturated heterocycles. The Labute approximate surface area is 104 Å². The summed E-state index contributed by atoms with van der Waals surface area (Å²) in [5.41, 5.74) is 2.60. The highest BCUT2D eigenvalue weighted by molar-refractivity contribution is 5.28. The molecule has 1 saturated carbocycles. The summed E-state index contributed by atoms with van der Waals surface area (Å²) < 4.78 is 2.45. The van der Waals surface area contributed by atoms with Crippen LogP contribution in [0.4, 0.5) is 0 Å². The highest BCUT2D eigenvalue weighted by atomic mass is 16.3. The molecule has 2 atom stereocenters. The molecule has 1 N–H and O–H groups in total. The first-order valence-electron chi connectivity index (χ1n) is 7.15. The predicted molar refractivity (Wildman–Crippen MR) is 69.0 cm³/mol. The smallest absolute Gasteiger partial charge is 0.0807 e. The van der Waals surface area contributed by atoms with Gasteiger partial charge >= 0.3 is 0 Å². The first kappa shape index (κ1) is 11.3. The van der Waals surface area contributed by atoms with Gasteiger partial charge in [-0.15, -0.1) is 0 Å². The van der Waals surface area contributed by atoms with Gasteiger partial charge in [0, 0.05) is 23.5 Å². The van der Waals surface area contributed by atoms with Crippen molar-refractivity contribution in [2.24, 2.45) is 5.92 Å². The number of rotatable bonds is 2. The quantitative estimate of drug-likeness (QED) is 0.829. The molecule has 1 fully saturated rings. The lowest BCUT2D eigenvalue weighted by Crippen LogP contribution is -2.18. The van der Waals surface area contributed by atoms with E-state index in [0.717, 1.165) is 25.2 Å². The molecule has 1 heterocycles. The molecule has 2 heteroatoms. The van der Waals surface area contributed by atoms with Gasteiger partial charge in [0.2, 0.25) is 0 Å². The van der Waals surface area contributed by atoms with Gasteiger partial charge in [-0.3, -0.25) is 0 Å². The molecule has 0 aromatic carbocycles. The number of aliphatic hydroxyl groups excluding tert-OH is 1. The summed E-state index contributed by atoms with van der Waals surface area (Å²) in [7, 11) is 0. The average Bonchev–Trinajstić information content (AvgIpc) is 2.98. The molecule has 0 aliphatic heterocycles. The maximum Gasteiger partial charge on any atom is 0.0807 e. The van der Waals surface area contributed by atoms with Crippen molar-refractivity contribution in [2.45, 2.75) is 64.0 Å². The highest BCUT2D eigenvalue weighted by Crippen LogP contribution is 2.38. The van der Waals surface area contributed by atoms with E-state index in [0.29, 0.717) is 6.04 Å². The lowest BCUT2D eigenvalue weighted by atomic mass is 9.94. The van der Waals surface area contributed by atoms with Crippen LogP contribution in [-0.4, -0.2) is 9.67 Å². The van der Waals surface area contributed by atoms with Crippen LogP contribution in [0.5, 0.6) is 0 Å². The van der Waals surface area contributed by atoms with Crippen molar-refractivity contribution < 1.29 is 5.11 Å². The molecule has 2 aliphatic rings. The van der Waals surface area contributed by atoms with E-state index in [9.17, 15) is 5.11 Å². The van der Waals surface area contributed by atoms with Crippen LogP contribution in [0.25, 0.3) is 0 Å². The summed E-state index contributed by atoms with van der Waals surface area (Å²) in [5.74, 6) is 0.852. The molecule has 17 heavy (non-hydrogen) atoms. The zero-order valence-electron chi connectivity index (χ0n) is 10.7. The molecule has 0 amide bonds. The Balaban J connectivity index is 1.87. The fourth-order valence-corrected chi connectivity index (χ4v) is 3.74. The third-order valence-corrected chi connectivity index (χ3v) is 4.83. The van der Waals surface area contributed by atoms with Crippen LogP contribution in [0.2, 0.25) is 0 Å². The summed E-state index contributed by atoms with van der Waals surface area (Å²) in [6, 6.07) is 2.76. The summed E-state index contributed by atoms with van der Waals surface area (Å²) >= 11 is 0. The van der Waals surface area contributed by atoms with E-state index in [-0.39, 0.29) is 6.10 Å². The van der Waals surface area contributed by atoms with E-state index in [1.54, 1.807) is 0 Å². The summed E-state index contributed by atoms with van der Waals surface area (Å²) in [5, 5.41) is 10.0. The van der Waals surface area contributed by atoms with Gasteiger partial charge in [-0.05, 0) is 51.0 Å². The number of nitrogens with zero attached hydrogens (tertiary/aromatic N) is 1. The number of fused-ring (bicyclic) bond motifs is 1. The Kier molecular flexibility index (Phi) is 2.99. The highest BCUT2D eigenvalue weighted by Gasteiger charge is 2.27. The van der Waals surface area contributed by atoms with Crippen molar-refractivity contribution in [3.63, 3.8) is 0 Å². The molecule has 2 aliphatic carbocycles. The number of hydrogen-bond acceptors (Lipinski definition) is 1. The first-order chi connectivity index (χ1) is 8.27. The summed E-state index contributed by atoms with van der Waals surface area (Å²) in [6.07, 6.45) is 10.8. The van der Waals surface area contributed by atoms with Gasteiger partial charge in [-0.1, -0.05) is 12.8 Å². The summed E-state index contributed by atoms with van der Waals surface area (Å²) in [6.45, 7) is 2.36. The minimum absolute atomic E-state index is 0.212. The van der Waals surface area contributed by atoms with Crippen LogP contribution in [-0.2, 0) is 6.42 Å². The SMILES string of the molecule is CC(C1CCCC1)n1ccc2c1CCCC2O. The van der Waals surface area contributed by atoms with Crippen molar-refractivity contribution in [1.82, 2.24) is 4.57 Å². The average molecular weight is 233 g/mol. The Morgan fingerprint density at radius 3 is 2.76 bits per heavy atom. The van der Waals surface area contributed by atoms with Gasteiger partial charge in [0.1, 0.15) is 0 Å². The Hall–Kier alpha value is -0.760. The lowest BCUT2D eigenvalue weighted by Gasteiger charge is -2.26. The number of hydrogen-bond donors (Lipinski definition) is 1. The first-order valence-corrected chi connectivity index (χ1v) is 7.15. The lowest BCUT2D eigenvalue weighted by molar-refractivity contribution is 0.155. The molecular weight excluding hydrogens is 210 g/mol. The van der Waals surface area contributed by atoms with Crippen LogP contribution in [0, 0.1) is 5.92 Å². The number of aliphatic hydroxyl groups is 1. The predicted octanol–water partition coefficient (Wildman–Crippen LogP) is 3.61. The molecular formula is C15H23NO. The maximum atomic E-state index is 10.0. The molecule has 3 rings (SSSR count). The van der Waals surface area contributed by atoms with E-state index in [1.807, 2.05) is 0 Å². The minimum Gasteiger partial charge on any atom is -0.388 e. The second-order valence-electron chi connectivity index (χ2n) is 5.82. The van der Waals surface area contributed by atoms with Crippen molar-refractivity contribution in [3.8, 4) is 0 Å². The molecule has 1 aromatic rings. The summed E-state index contributed by atoms with van der Waals surface area (Å²) in [4.78, 5) is 0. The van der Waals surface area contributed by atoms with E-state index >= 15 is 0 Å². The van der Waals surface area contributed by atoms with Crippen molar-refractivity contribution in [1.29, 1.82) is 0 Å². The monoisotopic (exact) mass is 233 g/mol. The fraction of sp³-hybridized carbons (Fsp3) is 0.733. The van der Waals surface area contributed by atoms with Crippen LogP contribution in [0.15, 0.2) is 12.3 Å². The van der Waals surface area contributed by atoms with Gasteiger partial charge < -0.3 is 9.67 Å². The topological polar surface area (TPSA) is 25.2 Å². The van der Waals surface area contributed by atoms with Crippen molar-refractivity contribution in [3.05, 3.63) is 23.5 Å². The Bertz CT molecular complexity index is 390. The zero-order valence-corrected chi connectivity index (χ0v) is 10.7. The van der Waals surface area contributed by atoms with Crippen LogP contribution in [0.1, 0.15) is 68.9 Å². The van der Waals surface area contributed by atoms with E-state index in [1.165, 1.54) is 36.9 Å². The Morgan fingerprint density at radius 1 is 1.24 bits per heavy atom. The van der Waals surface area contributed by atoms with Gasteiger partial charge in [0.25, 0.3) is 0 Å². The normalized spacial score (nSPS) is 27.1. The molecule has 2 nitrogen and oxygen atoms in total. The second kappa shape index (κ2) is 4.49. The van der Waals surface area contributed by atoms with Gasteiger partial charge in [-0.25, -0.2) is 0 Å². The zero-order chi connectivity index (χ0) is 11.8. The molecule has 1 aromatic heterocycles. The second-order valence-corrected chi connectivity index (χ2v) is 5.82. The van der Waals surface area contributed by atoms with E-state index < -0.39 is 0 Å². The standard InChI is InChI=1S/C15H23NO/c1-11(12-5-2-3-6-12)16-10-9-13-14(16)7-4-8-15(13)17/h9-12,15,17H,2-8H2,1H3. The van der Waals surface area contributed by atoms with Crippen LogP contribution < -0.4 is 0 Å². The maximum absolute atomic E-state index is 10.0. The third kappa shape index (κ3) is 1.93. The molecule has 0 spiro atoms. The van der Waals surface area contributed by atoms with Crippen LogP contribution >= 0.6 is 0 Å². The van der Waals surface area contributed by atoms with Gasteiger partial charge in [0.05, 0.1) is 6.10 Å². The molecule has 0 bridgehead atoms. The van der Waals surface area contributed by atoms with Gasteiger partial charge in [0.15, 0.2) is 0 Å². The van der Waals surface area contributed by atoms with E-state index in [4.69, 9.17) is 0 Å². The number of aromatic nitrogens is 1. The Morgan fingerprint density at radius 2 is 2.00 bits per heavy atom. The third-order valence-electron chi connectivity index (χ3n) is 4.83. The molecule has 0 radical (unpaired) electrons.